The van der Waals surface area contributed by atoms with E-state index >= 15 is 0 Å². The molecule has 3 aliphatic heterocycles. The van der Waals surface area contributed by atoms with E-state index in [0.29, 0.717) is 25.8 Å². The summed E-state index contributed by atoms with van der Waals surface area (Å²) >= 11 is 0. The van der Waals surface area contributed by atoms with E-state index in [1.165, 1.54) is 30.2 Å². The Balaban J connectivity index is 1.40. The third-order valence-electron chi connectivity index (χ3n) is 8.85. The summed E-state index contributed by atoms with van der Waals surface area (Å²) in [6.45, 7) is -1.00. The van der Waals surface area contributed by atoms with Crippen LogP contribution in [0.4, 0.5) is 16.2 Å². The molecule has 0 saturated carbocycles. The quantitative estimate of drug-likeness (QED) is 0.0989. The molecule has 0 radical (unpaired) electrons. The number of amides is 2. The van der Waals surface area contributed by atoms with Gasteiger partial charge in [-0.2, -0.15) is 0 Å². The lowest BCUT2D eigenvalue weighted by Gasteiger charge is -2.39. The lowest BCUT2D eigenvalue weighted by Crippen LogP contribution is -2.60. The first-order valence-electron chi connectivity index (χ1n) is 16.1. The lowest BCUT2D eigenvalue weighted by atomic mass is 9.99. The van der Waals surface area contributed by atoms with Crippen LogP contribution in [0, 0.1) is 10.1 Å². The summed E-state index contributed by atoms with van der Waals surface area (Å²) in [6.07, 6.45) is -9.26. The fraction of sp³-hybridized carbons (Fsp3) is 0.531. The molecule has 5 rings (SSSR count). The largest absolute Gasteiger partial charge is 0.493 e. The number of carbonyl (C=O) groups is 3. The van der Waals surface area contributed by atoms with Gasteiger partial charge in [-0.05, 0) is 43.4 Å². The predicted octanol–water partition coefficient (Wildman–Crippen LogP) is 0.496. The third-order valence-corrected chi connectivity index (χ3v) is 8.85. The number of nitrogens with zero attached hydrogens (tertiary/aromatic N) is 3. The first-order valence-corrected chi connectivity index (χ1v) is 16.1. The second-order valence-corrected chi connectivity index (χ2v) is 12.1. The average Bonchev–Trinajstić information content (AvgIpc) is 3.20. The second kappa shape index (κ2) is 16.0. The van der Waals surface area contributed by atoms with Gasteiger partial charge < -0.3 is 59.2 Å². The van der Waals surface area contributed by atoms with Crippen molar-refractivity contribution in [3.63, 3.8) is 0 Å². The van der Waals surface area contributed by atoms with Crippen molar-refractivity contribution in [2.45, 2.75) is 81.7 Å². The number of aliphatic carboxylic acids is 1. The number of rotatable bonds is 12. The number of benzene rings is 2. The van der Waals surface area contributed by atoms with Gasteiger partial charge >= 0.3 is 17.7 Å². The number of nitro benzene ring substituents is 1. The molecule has 2 amide bonds. The summed E-state index contributed by atoms with van der Waals surface area (Å²) in [6, 6.07) is 5.37. The van der Waals surface area contributed by atoms with Crippen LogP contribution in [0.5, 0.6) is 17.2 Å². The van der Waals surface area contributed by atoms with Gasteiger partial charge in [0.1, 0.15) is 31.0 Å². The zero-order valence-corrected chi connectivity index (χ0v) is 27.4. The molecule has 3 aliphatic rings. The number of fused-ring (bicyclic) bond motifs is 2. The van der Waals surface area contributed by atoms with Crippen LogP contribution in [0.2, 0.25) is 0 Å². The Morgan fingerprint density at radius 1 is 1.04 bits per heavy atom. The highest BCUT2D eigenvalue weighted by molar-refractivity contribution is 6.06. The van der Waals surface area contributed by atoms with Gasteiger partial charge in [0.05, 0.1) is 42.5 Å². The van der Waals surface area contributed by atoms with Gasteiger partial charge in [0.15, 0.2) is 23.5 Å². The normalized spacial score (nSPS) is 26.0. The predicted molar refractivity (Wildman–Crippen MR) is 170 cm³/mol. The summed E-state index contributed by atoms with van der Waals surface area (Å²) in [5.41, 5.74) is -0.583. The molecule has 0 spiro atoms. The molecule has 278 valence electrons. The van der Waals surface area contributed by atoms with E-state index in [2.05, 4.69) is 0 Å². The molecule has 2 aromatic rings. The molecule has 1 unspecified atom stereocenters. The van der Waals surface area contributed by atoms with Crippen molar-refractivity contribution in [3.05, 3.63) is 51.6 Å². The summed E-state index contributed by atoms with van der Waals surface area (Å²) < 4.78 is 27.4. The Hall–Kier alpha value is -4.79. The number of carbonyl (C=O) groups excluding carboxylic acids is 2. The number of hydrogen-bond acceptors (Lipinski definition) is 15. The summed E-state index contributed by atoms with van der Waals surface area (Å²) in [5.74, 6) is -1.69. The average molecular weight is 722 g/mol. The van der Waals surface area contributed by atoms with Crippen molar-refractivity contribution < 1.29 is 73.6 Å². The van der Waals surface area contributed by atoms with Crippen molar-refractivity contribution in [2.24, 2.45) is 0 Å². The van der Waals surface area contributed by atoms with E-state index in [-0.39, 0.29) is 47.8 Å². The minimum absolute atomic E-state index is 0.00969. The number of carboxylic acid groups (broad SMARTS) is 1. The molecule has 0 bridgehead atoms. The van der Waals surface area contributed by atoms with Gasteiger partial charge in [0.2, 0.25) is 6.29 Å². The molecule has 19 heteroatoms. The van der Waals surface area contributed by atoms with Crippen LogP contribution in [0.1, 0.15) is 48.0 Å². The maximum atomic E-state index is 13.8. The molecule has 2 saturated heterocycles. The lowest BCUT2D eigenvalue weighted by molar-refractivity contribution is -0.387. The number of carboxylic acids is 1. The molecule has 7 atom stereocenters. The molecule has 3 heterocycles. The van der Waals surface area contributed by atoms with Crippen LogP contribution < -0.4 is 19.1 Å². The van der Waals surface area contributed by atoms with E-state index in [1.54, 1.807) is 0 Å². The van der Waals surface area contributed by atoms with Gasteiger partial charge in [-0.1, -0.05) is 6.07 Å². The zero-order valence-electron chi connectivity index (χ0n) is 27.4. The molecule has 6 N–H and O–H groups in total. The van der Waals surface area contributed by atoms with E-state index in [1.807, 2.05) is 0 Å². The van der Waals surface area contributed by atoms with Crippen LogP contribution >= 0.6 is 0 Å². The molecule has 19 nitrogen and oxygen atoms in total. The second-order valence-electron chi connectivity index (χ2n) is 12.1. The first kappa shape index (κ1) is 37.5. The molecule has 0 aliphatic carbocycles. The molecular formula is C32H39N3O16. The minimum Gasteiger partial charge on any atom is -0.493 e. The number of piperidine rings is 1. The maximum Gasteiger partial charge on any atom is 0.416 e. The number of aliphatic hydroxyl groups excluding tert-OH is 5. The monoisotopic (exact) mass is 721 g/mol. The summed E-state index contributed by atoms with van der Waals surface area (Å²) in [7, 11) is 1.34. The van der Waals surface area contributed by atoms with Crippen molar-refractivity contribution >= 4 is 29.3 Å². The zero-order chi connectivity index (χ0) is 37.0. The highest BCUT2D eigenvalue weighted by Gasteiger charge is 2.46. The fourth-order valence-electron chi connectivity index (χ4n) is 6.19. The number of ether oxygens (including phenoxy) is 5. The Labute approximate surface area is 290 Å². The fourth-order valence-corrected chi connectivity index (χ4v) is 6.19. The van der Waals surface area contributed by atoms with Gasteiger partial charge in [-0.15, -0.1) is 0 Å². The van der Waals surface area contributed by atoms with Crippen LogP contribution in [-0.2, 0) is 20.9 Å². The van der Waals surface area contributed by atoms with E-state index in [0.717, 1.165) is 17.0 Å². The van der Waals surface area contributed by atoms with Gasteiger partial charge in [0, 0.05) is 25.1 Å². The highest BCUT2D eigenvalue weighted by Crippen LogP contribution is 2.41. The van der Waals surface area contributed by atoms with Crippen molar-refractivity contribution in [1.82, 2.24) is 4.90 Å². The number of methoxy groups -OCH3 is 1. The minimum atomic E-state index is -1.83. The van der Waals surface area contributed by atoms with E-state index in [4.69, 9.17) is 28.8 Å². The third kappa shape index (κ3) is 7.92. The number of aliphatic hydroxyl groups is 5. The maximum absolute atomic E-state index is 13.8. The highest BCUT2D eigenvalue weighted by atomic mass is 16.7. The number of nitro groups is 1. The van der Waals surface area contributed by atoms with E-state index < -0.39 is 90.5 Å². The number of anilines is 1. The first-order chi connectivity index (χ1) is 24.4. The van der Waals surface area contributed by atoms with Gasteiger partial charge in [0.25, 0.3) is 5.91 Å². The smallest absolute Gasteiger partial charge is 0.416 e. The van der Waals surface area contributed by atoms with Crippen LogP contribution in [-0.4, -0.2) is 128 Å². The van der Waals surface area contributed by atoms with Crippen molar-refractivity contribution in [1.29, 1.82) is 0 Å². The Bertz CT molecular complexity index is 1620. The Morgan fingerprint density at radius 3 is 2.49 bits per heavy atom. The van der Waals surface area contributed by atoms with Gasteiger partial charge in [-0.3, -0.25) is 19.7 Å². The summed E-state index contributed by atoms with van der Waals surface area (Å²) in [4.78, 5) is 52.1. The van der Waals surface area contributed by atoms with Crippen LogP contribution in [0.25, 0.3) is 0 Å². The molecule has 0 aromatic heterocycles. The SMILES string of the molecule is COc1cc2c(cc1OCCCC(=O)O)N(C(=O)OCc1ccc(O[C@@H]3O[C@H](CO)[C@@H](O)[C@H](O)[C@H]3O)c([N+](=O)[O-])c1)C(O)[C@@H]1CCCCN1C2=O. The number of hydrogen-bond donors (Lipinski definition) is 6. The Kier molecular flexibility index (Phi) is 11.8. The molecular weight excluding hydrogens is 682 g/mol. The Morgan fingerprint density at radius 2 is 1.80 bits per heavy atom. The molecule has 51 heavy (non-hydrogen) atoms. The van der Waals surface area contributed by atoms with Crippen LogP contribution in [0.15, 0.2) is 30.3 Å². The van der Waals surface area contributed by atoms with Gasteiger partial charge in [-0.25, -0.2) is 9.69 Å². The van der Waals surface area contributed by atoms with E-state index in [9.17, 15) is 50.0 Å². The standard InChI is InChI=1S/C32H39N3O16/c1-47-22-12-17-19(13-23(22)48-10-4-6-25(37)38)34(30(43)18-5-2-3-9-33(18)29(17)42)32(44)49-15-16-7-8-21(20(11-16)35(45)46)50-31-28(41)27(40)26(39)24(14-36)51-31/h7-8,11-13,18,24,26-28,30-31,36,39-41,43H,2-6,9-10,14-15H2,1H3,(H,37,38)/t18-,24+,26+,27-,28+,30?,31+/m0/s1. The topological polar surface area (TPSA) is 268 Å². The van der Waals surface area contributed by atoms with Crippen molar-refractivity contribution in [2.75, 3.05) is 31.8 Å². The summed E-state index contributed by atoms with van der Waals surface area (Å²) in [5, 5.41) is 72.3. The molecule has 2 aromatic carbocycles. The molecule has 2 fully saturated rings. The van der Waals surface area contributed by atoms with Crippen molar-refractivity contribution in [3.8, 4) is 17.2 Å². The van der Waals surface area contributed by atoms with Crippen LogP contribution in [0.3, 0.4) is 0 Å².